The van der Waals surface area contributed by atoms with Crippen molar-refractivity contribution in [1.82, 2.24) is 10.6 Å². The number of nitrogens with zero attached hydrogens (tertiary/aromatic N) is 1. The van der Waals surface area contributed by atoms with Crippen molar-refractivity contribution in [2.24, 2.45) is 4.99 Å². The van der Waals surface area contributed by atoms with Gasteiger partial charge in [0.15, 0.2) is 11.7 Å². The van der Waals surface area contributed by atoms with Gasteiger partial charge >= 0.3 is 0 Å². The molecule has 0 aliphatic heterocycles. The van der Waals surface area contributed by atoms with E-state index in [0.717, 1.165) is 5.56 Å². The number of carbonyl (C=O) groups excluding carboxylic acids is 1. The van der Waals surface area contributed by atoms with E-state index in [1.807, 2.05) is 31.2 Å². The molecular formula is C23H25FN4O3. The highest BCUT2D eigenvalue weighted by atomic mass is 19.1. The second-order valence-corrected chi connectivity index (χ2v) is 6.82. The average Bonchev–Trinajstić information content (AvgIpc) is 3.31. The average molecular weight is 424 g/mol. The highest BCUT2D eigenvalue weighted by Gasteiger charge is 2.09. The maximum Gasteiger partial charge on any atom is 0.291 e. The second-order valence-electron chi connectivity index (χ2n) is 6.82. The first-order valence-corrected chi connectivity index (χ1v) is 9.84. The van der Waals surface area contributed by atoms with Gasteiger partial charge in [0, 0.05) is 19.3 Å². The molecule has 0 aliphatic rings. The molecule has 2 aromatic carbocycles. The van der Waals surface area contributed by atoms with E-state index >= 15 is 0 Å². The van der Waals surface area contributed by atoms with Crippen molar-refractivity contribution in [3.8, 4) is 5.75 Å². The van der Waals surface area contributed by atoms with Gasteiger partial charge in [0.2, 0.25) is 0 Å². The van der Waals surface area contributed by atoms with Gasteiger partial charge in [-0.15, -0.1) is 0 Å². The predicted octanol–water partition coefficient (Wildman–Crippen LogP) is 3.80. The minimum Gasteiger partial charge on any atom is -0.489 e. The summed E-state index contributed by atoms with van der Waals surface area (Å²) in [5, 5.41) is 9.22. The molecule has 1 amide bonds. The zero-order valence-corrected chi connectivity index (χ0v) is 17.4. The summed E-state index contributed by atoms with van der Waals surface area (Å²) in [6.07, 6.45) is 1.31. The Morgan fingerprint density at radius 1 is 1.13 bits per heavy atom. The molecule has 31 heavy (non-hydrogen) atoms. The van der Waals surface area contributed by atoms with E-state index in [1.54, 1.807) is 31.3 Å². The van der Waals surface area contributed by atoms with Crippen LogP contribution in [0.4, 0.5) is 10.1 Å². The van der Waals surface area contributed by atoms with Crippen LogP contribution < -0.4 is 20.7 Å². The van der Waals surface area contributed by atoms with Crippen molar-refractivity contribution in [2.45, 2.75) is 19.6 Å². The number of halogens is 1. The molecule has 1 unspecified atom stereocenters. The smallest absolute Gasteiger partial charge is 0.291 e. The molecule has 8 heteroatoms. The number of aliphatic imine (C=N–C) groups is 1. The highest BCUT2D eigenvalue weighted by Crippen LogP contribution is 2.14. The van der Waals surface area contributed by atoms with Crippen molar-refractivity contribution >= 4 is 17.6 Å². The van der Waals surface area contributed by atoms with E-state index in [2.05, 4.69) is 20.9 Å². The Balaban J connectivity index is 1.46. The van der Waals surface area contributed by atoms with Gasteiger partial charge in [0.05, 0.1) is 12.8 Å². The Morgan fingerprint density at radius 3 is 2.65 bits per heavy atom. The molecule has 0 aliphatic carbocycles. The van der Waals surface area contributed by atoms with Gasteiger partial charge in [-0.05, 0) is 61.0 Å². The first-order chi connectivity index (χ1) is 15.0. The molecule has 0 spiro atoms. The number of furan rings is 1. The Labute approximate surface area is 180 Å². The summed E-state index contributed by atoms with van der Waals surface area (Å²) in [5.74, 6) is 0.867. The summed E-state index contributed by atoms with van der Waals surface area (Å²) in [4.78, 5) is 16.3. The fourth-order valence-corrected chi connectivity index (χ4v) is 2.79. The Morgan fingerprint density at radius 2 is 1.94 bits per heavy atom. The van der Waals surface area contributed by atoms with Crippen LogP contribution in [0.15, 0.2) is 76.3 Å². The maximum atomic E-state index is 13.0. The van der Waals surface area contributed by atoms with Crippen LogP contribution in [0.5, 0.6) is 5.75 Å². The summed E-state index contributed by atoms with van der Waals surface area (Å²) in [5.41, 5.74) is 1.64. The molecule has 7 nitrogen and oxygen atoms in total. The lowest BCUT2D eigenvalue weighted by atomic mass is 10.2. The summed E-state index contributed by atoms with van der Waals surface area (Å²) in [6, 6.07) is 16.7. The number of carbonyl (C=O) groups is 1. The van der Waals surface area contributed by atoms with E-state index < -0.39 is 0 Å². The van der Waals surface area contributed by atoms with Crippen molar-refractivity contribution in [1.29, 1.82) is 0 Å². The maximum absolute atomic E-state index is 13.0. The largest absolute Gasteiger partial charge is 0.489 e. The van der Waals surface area contributed by atoms with Gasteiger partial charge < -0.3 is 25.1 Å². The number of ether oxygens (including phenoxy) is 1. The zero-order valence-electron chi connectivity index (χ0n) is 17.4. The molecule has 0 saturated heterocycles. The van der Waals surface area contributed by atoms with Gasteiger partial charge in [0.1, 0.15) is 17.7 Å². The SMILES string of the molecule is CN=C(NCc1cccc(NC(=O)c2ccco2)c1)NCC(C)Oc1ccc(F)cc1. The van der Waals surface area contributed by atoms with Gasteiger partial charge in [0.25, 0.3) is 5.91 Å². The topological polar surface area (TPSA) is 87.9 Å². The predicted molar refractivity (Wildman–Crippen MR) is 118 cm³/mol. The van der Waals surface area contributed by atoms with Crippen LogP contribution in [-0.4, -0.2) is 31.6 Å². The minimum atomic E-state index is -0.303. The molecule has 1 aromatic heterocycles. The minimum absolute atomic E-state index is 0.149. The molecule has 1 heterocycles. The van der Waals surface area contributed by atoms with Crippen LogP contribution >= 0.6 is 0 Å². The van der Waals surface area contributed by atoms with Gasteiger partial charge in [-0.3, -0.25) is 9.79 Å². The lowest BCUT2D eigenvalue weighted by Crippen LogP contribution is -2.41. The number of amides is 1. The van der Waals surface area contributed by atoms with E-state index in [4.69, 9.17) is 9.15 Å². The fraction of sp³-hybridized carbons (Fsp3) is 0.217. The van der Waals surface area contributed by atoms with E-state index in [9.17, 15) is 9.18 Å². The molecule has 162 valence electrons. The monoisotopic (exact) mass is 424 g/mol. The summed E-state index contributed by atoms with van der Waals surface area (Å²) in [7, 11) is 1.68. The zero-order chi connectivity index (χ0) is 22.1. The van der Waals surface area contributed by atoms with Crippen LogP contribution in [0.25, 0.3) is 0 Å². The molecule has 0 radical (unpaired) electrons. The molecule has 3 rings (SSSR count). The number of hydrogen-bond acceptors (Lipinski definition) is 4. The third kappa shape index (κ3) is 6.88. The van der Waals surface area contributed by atoms with Gasteiger partial charge in [-0.2, -0.15) is 0 Å². The third-order valence-corrected chi connectivity index (χ3v) is 4.32. The standard InChI is InChI=1S/C23H25FN4O3/c1-16(31-20-10-8-18(24)9-11-20)14-26-23(25-2)27-15-17-5-3-6-19(13-17)28-22(29)21-7-4-12-30-21/h3-13,16H,14-15H2,1-2H3,(H,28,29)(H2,25,26,27). The van der Waals surface area contributed by atoms with Gasteiger partial charge in [-0.1, -0.05) is 12.1 Å². The highest BCUT2D eigenvalue weighted by molar-refractivity contribution is 6.02. The summed E-state index contributed by atoms with van der Waals surface area (Å²) < 4.78 is 23.8. The van der Waals surface area contributed by atoms with Crippen molar-refractivity contribution in [3.63, 3.8) is 0 Å². The van der Waals surface area contributed by atoms with Crippen LogP contribution in [0, 0.1) is 5.82 Å². The van der Waals surface area contributed by atoms with Crippen LogP contribution in [0.3, 0.4) is 0 Å². The van der Waals surface area contributed by atoms with E-state index in [1.165, 1.54) is 18.4 Å². The second kappa shape index (κ2) is 10.8. The normalized spacial score (nSPS) is 12.2. The van der Waals surface area contributed by atoms with Crippen LogP contribution in [0.2, 0.25) is 0 Å². The molecule has 0 saturated carbocycles. The molecule has 1 atom stereocenters. The first kappa shape index (κ1) is 21.9. The van der Waals surface area contributed by atoms with Crippen LogP contribution in [-0.2, 0) is 6.54 Å². The fourth-order valence-electron chi connectivity index (χ4n) is 2.79. The van der Waals surface area contributed by atoms with Crippen molar-refractivity contribution in [3.05, 3.63) is 84.1 Å². The number of hydrogen-bond donors (Lipinski definition) is 3. The van der Waals surface area contributed by atoms with E-state index in [0.29, 0.717) is 30.5 Å². The number of benzene rings is 2. The number of guanidine groups is 1. The Bertz CT molecular complexity index is 1000. The Hall–Kier alpha value is -3.81. The Kier molecular flexibility index (Phi) is 7.64. The molecule has 3 N–H and O–H groups in total. The molecule has 0 fully saturated rings. The molecular weight excluding hydrogens is 399 g/mol. The number of rotatable bonds is 8. The summed E-state index contributed by atoms with van der Waals surface area (Å²) >= 11 is 0. The summed E-state index contributed by atoms with van der Waals surface area (Å²) in [6.45, 7) is 2.93. The lowest BCUT2D eigenvalue weighted by molar-refractivity contribution is 0.0996. The third-order valence-electron chi connectivity index (χ3n) is 4.32. The number of anilines is 1. The van der Waals surface area contributed by atoms with Crippen molar-refractivity contribution < 1.29 is 18.3 Å². The quantitative estimate of drug-likeness (QED) is 0.378. The lowest BCUT2D eigenvalue weighted by Gasteiger charge is -2.18. The van der Waals surface area contributed by atoms with Crippen LogP contribution in [0.1, 0.15) is 23.0 Å². The number of nitrogens with one attached hydrogen (secondary N) is 3. The molecule has 0 bridgehead atoms. The van der Waals surface area contributed by atoms with E-state index in [-0.39, 0.29) is 23.6 Å². The first-order valence-electron chi connectivity index (χ1n) is 9.84. The van der Waals surface area contributed by atoms with Crippen molar-refractivity contribution in [2.75, 3.05) is 18.9 Å². The van der Waals surface area contributed by atoms with Gasteiger partial charge in [-0.25, -0.2) is 4.39 Å². The molecule has 3 aromatic rings.